The van der Waals surface area contributed by atoms with Gasteiger partial charge in [0.1, 0.15) is 23.7 Å². The molecule has 1 aliphatic carbocycles. The average Bonchev–Trinajstić information content (AvgIpc) is 3.38. The number of carbonyl (C=O) groups is 1. The normalized spacial score (nSPS) is 22.8. The Hall–Kier alpha value is -2.62. The summed E-state index contributed by atoms with van der Waals surface area (Å²) in [6, 6.07) is 2.84. The van der Waals surface area contributed by atoms with Crippen molar-refractivity contribution in [1.82, 2.24) is 25.1 Å². The van der Waals surface area contributed by atoms with Crippen molar-refractivity contribution < 1.29 is 18.3 Å². The minimum absolute atomic E-state index is 0.0121. The third-order valence-electron chi connectivity index (χ3n) is 5.52. The van der Waals surface area contributed by atoms with Crippen LogP contribution < -0.4 is 10.1 Å². The maximum atomic E-state index is 14.3. The van der Waals surface area contributed by atoms with E-state index in [9.17, 15) is 13.6 Å². The molecule has 0 unspecified atom stereocenters. The Morgan fingerprint density at radius 3 is 2.90 bits per heavy atom. The number of aromatic amines is 1. The summed E-state index contributed by atoms with van der Waals surface area (Å²) in [5, 5.41) is 8.94. The van der Waals surface area contributed by atoms with E-state index in [0.717, 1.165) is 0 Å². The summed E-state index contributed by atoms with van der Waals surface area (Å²) >= 11 is 0. The number of alkyl halides is 2. The van der Waals surface area contributed by atoms with Gasteiger partial charge in [0.05, 0.1) is 24.8 Å². The van der Waals surface area contributed by atoms with Crippen LogP contribution in [0.5, 0.6) is 5.75 Å². The lowest BCUT2D eigenvalue weighted by Crippen LogP contribution is -2.52. The number of nitrogens with zero attached hydrogens (tertiary/aromatic N) is 4. The zero-order valence-electron chi connectivity index (χ0n) is 16.1. The molecule has 1 saturated heterocycles. The molecule has 29 heavy (non-hydrogen) atoms. The van der Waals surface area contributed by atoms with Gasteiger partial charge in [0, 0.05) is 19.5 Å². The maximum absolute atomic E-state index is 14.3. The first-order chi connectivity index (χ1) is 13.9. The summed E-state index contributed by atoms with van der Waals surface area (Å²) in [6.45, 7) is 2.52. The Balaban J connectivity index is 1.34. The van der Waals surface area contributed by atoms with Gasteiger partial charge in [-0.25, -0.2) is 18.7 Å². The van der Waals surface area contributed by atoms with Crippen LogP contribution in [0.3, 0.4) is 0 Å². The Morgan fingerprint density at radius 1 is 1.41 bits per heavy atom. The number of amides is 1. The van der Waals surface area contributed by atoms with E-state index in [1.54, 1.807) is 30.2 Å². The lowest BCUT2D eigenvalue weighted by molar-refractivity contribution is -0.126. The molecule has 2 N–H and O–H groups in total. The van der Waals surface area contributed by atoms with Gasteiger partial charge in [0.15, 0.2) is 0 Å². The molecule has 0 bridgehead atoms. The SMILES string of the molecule is C[C@@H](C(=O)Nc1ccc(OCC2CC2)cn1)N1CCC(F)(F)[C@H](c2ncn[nH]2)C1. The first-order valence-electron chi connectivity index (χ1n) is 9.79. The number of piperidine rings is 1. The van der Waals surface area contributed by atoms with Crippen molar-refractivity contribution in [2.45, 2.75) is 44.1 Å². The number of hydrogen-bond donors (Lipinski definition) is 2. The fourth-order valence-corrected chi connectivity index (χ4v) is 3.38. The summed E-state index contributed by atoms with van der Waals surface area (Å²) in [4.78, 5) is 22.4. The molecule has 0 aromatic carbocycles. The quantitative estimate of drug-likeness (QED) is 0.733. The number of pyridine rings is 1. The molecule has 10 heteroatoms. The number of likely N-dealkylation sites (tertiary alicyclic amines) is 1. The number of anilines is 1. The van der Waals surface area contributed by atoms with E-state index in [0.29, 0.717) is 24.1 Å². The van der Waals surface area contributed by atoms with Gasteiger partial charge in [-0.2, -0.15) is 5.10 Å². The van der Waals surface area contributed by atoms with Crippen LogP contribution in [-0.4, -0.2) is 62.6 Å². The van der Waals surface area contributed by atoms with E-state index in [4.69, 9.17) is 4.74 Å². The molecule has 0 spiro atoms. The Bertz CT molecular complexity index is 826. The molecule has 2 fully saturated rings. The van der Waals surface area contributed by atoms with Crippen molar-refractivity contribution in [3.8, 4) is 5.75 Å². The van der Waals surface area contributed by atoms with E-state index in [1.165, 1.54) is 19.2 Å². The second-order valence-electron chi connectivity index (χ2n) is 7.73. The van der Waals surface area contributed by atoms with Crippen LogP contribution in [0.25, 0.3) is 0 Å². The molecule has 2 aromatic rings. The van der Waals surface area contributed by atoms with E-state index in [-0.39, 0.29) is 31.2 Å². The highest BCUT2D eigenvalue weighted by atomic mass is 19.3. The standard InChI is InChI=1S/C19H24F2N6O2/c1-12(27-7-6-19(20,21)15(9-27)17-23-11-24-26-17)18(28)25-16-5-4-14(8-22-16)29-10-13-2-3-13/h4-5,8,11-13,15H,2-3,6-7,9-10H2,1H3,(H,22,25,28)(H,23,24,26)/t12-,15-/m0/s1. The zero-order valence-corrected chi connectivity index (χ0v) is 16.1. The van der Waals surface area contributed by atoms with E-state index >= 15 is 0 Å². The van der Waals surface area contributed by atoms with Gasteiger partial charge in [-0.1, -0.05) is 0 Å². The van der Waals surface area contributed by atoms with Crippen LogP contribution in [0.15, 0.2) is 24.7 Å². The fraction of sp³-hybridized carbons (Fsp3) is 0.579. The molecule has 1 saturated carbocycles. The number of halogens is 2. The molecule has 1 amide bonds. The highest BCUT2D eigenvalue weighted by molar-refractivity contribution is 5.93. The third-order valence-corrected chi connectivity index (χ3v) is 5.52. The van der Waals surface area contributed by atoms with Gasteiger partial charge in [-0.15, -0.1) is 0 Å². The number of H-pyrrole nitrogens is 1. The molecule has 2 aromatic heterocycles. The number of carbonyl (C=O) groups excluding carboxylic acids is 1. The van der Waals surface area contributed by atoms with Gasteiger partial charge >= 0.3 is 0 Å². The van der Waals surface area contributed by atoms with E-state index < -0.39 is 17.9 Å². The van der Waals surface area contributed by atoms with Gasteiger partial charge < -0.3 is 10.1 Å². The monoisotopic (exact) mass is 406 g/mol. The van der Waals surface area contributed by atoms with Crippen molar-refractivity contribution >= 4 is 11.7 Å². The average molecular weight is 406 g/mol. The van der Waals surface area contributed by atoms with Crippen molar-refractivity contribution in [2.75, 3.05) is 25.0 Å². The van der Waals surface area contributed by atoms with Crippen molar-refractivity contribution in [3.63, 3.8) is 0 Å². The fourth-order valence-electron chi connectivity index (χ4n) is 3.38. The number of rotatable bonds is 7. The summed E-state index contributed by atoms with van der Waals surface area (Å²) in [5.41, 5.74) is 0. The van der Waals surface area contributed by atoms with Crippen LogP contribution in [-0.2, 0) is 4.79 Å². The summed E-state index contributed by atoms with van der Waals surface area (Å²) in [5.74, 6) is -2.49. The first kappa shape index (κ1) is 19.7. The second-order valence-corrected chi connectivity index (χ2v) is 7.73. The maximum Gasteiger partial charge on any atom is 0.260 e. The minimum atomic E-state index is -2.90. The van der Waals surface area contributed by atoms with Crippen molar-refractivity contribution in [1.29, 1.82) is 0 Å². The molecular weight excluding hydrogens is 382 g/mol. The topological polar surface area (TPSA) is 96.0 Å². The van der Waals surface area contributed by atoms with Gasteiger partial charge in [-0.05, 0) is 37.8 Å². The number of hydrogen-bond acceptors (Lipinski definition) is 6. The van der Waals surface area contributed by atoms with E-state index in [2.05, 4.69) is 25.5 Å². The number of ether oxygens (including phenoxy) is 1. The van der Waals surface area contributed by atoms with Crippen LogP contribution in [0.1, 0.15) is 37.9 Å². The van der Waals surface area contributed by atoms with Crippen LogP contribution in [0.2, 0.25) is 0 Å². The smallest absolute Gasteiger partial charge is 0.260 e. The predicted molar refractivity (Wildman–Crippen MR) is 101 cm³/mol. The molecule has 156 valence electrons. The van der Waals surface area contributed by atoms with Gasteiger partial charge in [-0.3, -0.25) is 14.8 Å². The molecule has 2 atom stereocenters. The zero-order chi connectivity index (χ0) is 20.4. The summed E-state index contributed by atoms with van der Waals surface area (Å²) in [6.07, 6.45) is 4.86. The second kappa shape index (κ2) is 8.02. The van der Waals surface area contributed by atoms with Crippen LogP contribution >= 0.6 is 0 Å². The molecule has 1 aliphatic heterocycles. The summed E-state index contributed by atoms with van der Waals surface area (Å²) < 4.78 is 34.3. The van der Waals surface area contributed by atoms with Gasteiger partial charge in [0.2, 0.25) is 5.91 Å². The summed E-state index contributed by atoms with van der Waals surface area (Å²) in [7, 11) is 0. The lowest BCUT2D eigenvalue weighted by Gasteiger charge is -2.39. The molecule has 2 aliphatic rings. The Kier molecular flexibility index (Phi) is 5.44. The Morgan fingerprint density at radius 2 is 2.24 bits per heavy atom. The number of aromatic nitrogens is 4. The van der Waals surface area contributed by atoms with Crippen molar-refractivity contribution in [3.05, 3.63) is 30.5 Å². The van der Waals surface area contributed by atoms with Gasteiger partial charge in [0.25, 0.3) is 5.92 Å². The largest absolute Gasteiger partial charge is 0.492 e. The molecule has 4 rings (SSSR count). The lowest BCUT2D eigenvalue weighted by atomic mass is 9.92. The highest BCUT2D eigenvalue weighted by Crippen LogP contribution is 2.39. The first-order valence-corrected chi connectivity index (χ1v) is 9.79. The predicted octanol–water partition coefficient (Wildman–Crippen LogP) is 2.44. The minimum Gasteiger partial charge on any atom is -0.492 e. The Labute approximate surface area is 167 Å². The van der Waals surface area contributed by atoms with E-state index in [1.807, 2.05) is 0 Å². The van der Waals surface area contributed by atoms with Crippen LogP contribution in [0, 0.1) is 5.92 Å². The highest BCUT2D eigenvalue weighted by Gasteiger charge is 2.47. The van der Waals surface area contributed by atoms with Crippen LogP contribution in [0.4, 0.5) is 14.6 Å². The molecule has 3 heterocycles. The number of nitrogens with one attached hydrogen (secondary N) is 2. The molecule has 8 nitrogen and oxygen atoms in total. The third kappa shape index (κ3) is 4.69. The van der Waals surface area contributed by atoms with Crippen molar-refractivity contribution in [2.24, 2.45) is 5.92 Å². The molecule has 0 radical (unpaired) electrons. The molecular formula is C19H24F2N6O2.